The summed E-state index contributed by atoms with van der Waals surface area (Å²) >= 11 is 0. The van der Waals surface area contributed by atoms with E-state index in [0.29, 0.717) is 0 Å². The molecule has 21 heavy (non-hydrogen) atoms. The lowest BCUT2D eigenvalue weighted by atomic mass is 9.96. The molecule has 0 aromatic heterocycles. The van der Waals surface area contributed by atoms with Crippen molar-refractivity contribution in [3.8, 4) is 0 Å². The zero-order valence-electron chi connectivity index (χ0n) is 12.5. The Hall–Kier alpha value is -1.74. The van der Waals surface area contributed by atoms with E-state index in [1.165, 1.54) is 18.2 Å². The number of hydrogen-bond acceptors (Lipinski definition) is 1. The summed E-state index contributed by atoms with van der Waals surface area (Å²) in [6.07, 6.45) is 1.73. The fourth-order valence-corrected chi connectivity index (χ4v) is 2.46. The lowest BCUT2D eigenvalue weighted by molar-refractivity contribution is 0.522. The number of hydrogen-bond donors (Lipinski definition) is 1. The monoisotopic (exact) mass is 289 g/mol. The Kier molecular flexibility index (Phi) is 5.45. The van der Waals surface area contributed by atoms with Gasteiger partial charge in [0.25, 0.3) is 0 Å². The summed E-state index contributed by atoms with van der Waals surface area (Å²) in [7, 11) is 0. The molecule has 112 valence electrons. The molecule has 2 aromatic carbocycles. The first-order valence-electron chi connectivity index (χ1n) is 7.34. The van der Waals surface area contributed by atoms with Crippen LogP contribution in [-0.4, -0.2) is 6.54 Å². The maximum absolute atomic E-state index is 13.4. The van der Waals surface area contributed by atoms with Crippen molar-refractivity contribution in [2.24, 2.45) is 0 Å². The molecule has 0 fully saturated rings. The van der Waals surface area contributed by atoms with Crippen molar-refractivity contribution in [3.63, 3.8) is 0 Å². The fraction of sp³-hybridized carbons (Fsp3) is 0.333. The van der Waals surface area contributed by atoms with Gasteiger partial charge in [0.2, 0.25) is 0 Å². The molecule has 1 nitrogen and oxygen atoms in total. The highest BCUT2D eigenvalue weighted by molar-refractivity contribution is 5.30. The number of halogens is 2. The first-order valence-corrected chi connectivity index (χ1v) is 7.34. The van der Waals surface area contributed by atoms with Gasteiger partial charge in [-0.3, -0.25) is 0 Å². The van der Waals surface area contributed by atoms with Crippen molar-refractivity contribution < 1.29 is 8.78 Å². The van der Waals surface area contributed by atoms with Gasteiger partial charge in [-0.05, 0) is 67.3 Å². The third-order valence-corrected chi connectivity index (χ3v) is 3.62. The van der Waals surface area contributed by atoms with Crippen LogP contribution >= 0.6 is 0 Å². The molecular formula is C18H21F2N. The van der Waals surface area contributed by atoms with Crippen molar-refractivity contribution in [2.75, 3.05) is 6.54 Å². The standard InChI is InChI=1S/C18H21F2N/c1-3-9-21-18(15-5-4-6-16(19)11-15)12-14-7-8-17(20)10-13(14)2/h4-8,10-11,18,21H,3,9,12H2,1-2H3. The summed E-state index contributed by atoms with van der Waals surface area (Å²) in [5.74, 6) is -0.452. The van der Waals surface area contributed by atoms with E-state index in [0.717, 1.165) is 36.1 Å². The van der Waals surface area contributed by atoms with Gasteiger partial charge >= 0.3 is 0 Å². The second kappa shape index (κ2) is 7.32. The molecule has 0 heterocycles. The van der Waals surface area contributed by atoms with Crippen molar-refractivity contribution in [3.05, 3.63) is 70.8 Å². The van der Waals surface area contributed by atoms with Crippen LogP contribution in [0.5, 0.6) is 0 Å². The number of rotatable bonds is 6. The predicted molar refractivity (Wildman–Crippen MR) is 82.3 cm³/mol. The Balaban J connectivity index is 2.23. The Labute approximate surface area is 125 Å². The fourth-order valence-electron chi connectivity index (χ4n) is 2.46. The normalized spacial score (nSPS) is 12.4. The number of aryl methyl sites for hydroxylation is 1. The molecule has 0 aliphatic rings. The van der Waals surface area contributed by atoms with Crippen LogP contribution in [0.2, 0.25) is 0 Å². The van der Waals surface area contributed by atoms with Crippen LogP contribution in [0, 0.1) is 18.6 Å². The number of nitrogens with one attached hydrogen (secondary N) is 1. The minimum Gasteiger partial charge on any atom is -0.310 e. The van der Waals surface area contributed by atoms with Crippen molar-refractivity contribution in [2.45, 2.75) is 32.7 Å². The van der Waals surface area contributed by atoms with Gasteiger partial charge in [-0.1, -0.05) is 25.1 Å². The molecule has 2 aromatic rings. The van der Waals surface area contributed by atoms with Crippen LogP contribution < -0.4 is 5.32 Å². The van der Waals surface area contributed by atoms with Gasteiger partial charge in [-0.2, -0.15) is 0 Å². The molecule has 0 aliphatic heterocycles. The third kappa shape index (κ3) is 4.36. The van der Waals surface area contributed by atoms with Gasteiger partial charge in [0, 0.05) is 6.04 Å². The van der Waals surface area contributed by atoms with E-state index in [2.05, 4.69) is 12.2 Å². The molecule has 0 radical (unpaired) electrons. The predicted octanol–water partition coefficient (Wildman–Crippen LogP) is 4.56. The topological polar surface area (TPSA) is 12.0 Å². The first-order chi connectivity index (χ1) is 10.1. The molecule has 1 N–H and O–H groups in total. The van der Waals surface area contributed by atoms with E-state index < -0.39 is 0 Å². The van der Waals surface area contributed by atoms with Crippen molar-refractivity contribution >= 4 is 0 Å². The van der Waals surface area contributed by atoms with Gasteiger partial charge in [-0.15, -0.1) is 0 Å². The summed E-state index contributed by atoms with van der Waals surface area (Å²) in [4.78, 5) is 0. The largest absolute Gasteiger partial charge is 0.310 e. The van der Waals surface area contributed by atoms with Gasteiger partial charge in [-0.25, -0.2) is 8.78 Å². The van der Waals surface area contributed by atoms with Crippen LogP contribution in [-0.2, 0) is 6.42 Å². The van der Waals surface area contributed by atoms with E-state index >= 15 is 0 Å². The zero-order valence-corrected chi connectivity index (χ0v) is 12.5. The smallest absolute Gasteiger partial charge is 0.123 e. The summed E-state index contributed by atoms with van der Waals surface area (Å²) in [6.45, 7) is 4.86. The van der Waals surface area contributed by atoms with E-state index in [-0.39, 0.29) is 17.7 Å². The van der Waals surface area contributed by atoms with Gasteiger partial charge in [0.05, 0.1) is 0 Å². The average molecular weight is 289 g/mol. The Morgan fingerprint density at radius 3 is 2.48 bits per heavy atom. The Morgan fingerprint density at radius 2 is 1.81 bits per heavy atom. The molecule has 0 aliphatic carbocycles. The lowest BCUT2D eigenvalue weighted by Crippen LogP contribution is -2.24. The molecule has 0 saturated carbocycles. The minimum atomic E-state index is -0.230. The molecule has 0 bridgehead atoms. The summed E-state index contributed by atoms with van der Waals surface area (Å²) in [5.41, 5.74) is 2.93. The van der Waals surface area contributed by atoms with Gasteiger partial charge in [0.15, 0.2) is 0 Å². The Morgan fingerprint density at radius 1 is 1.05 bits per heavy atom. The maximum Gasteiger partial charge on any atom is 0.123 e. The summed E-state index contributed by atoms with van der Waals surface area (Å²) < 4.78 is 26.6. The first kappa shape index (κ1) is 15.6. The second-order valence-electron chi connectivity index (χ2n) is 5.34. The van der Waals surface area contributed by atoms with Gasteiger partial charge in [0.1, 0.15) is 11.6 Å². The molecule has 0 amide bonds. The minimum absolute atomic E-state index is 0.0322. The highest BCUT2D eigenvalue weighted by Crippen LogP contribution is 2.22. The van der Waals surface area contributed by atoms with Crippen molar-refractivity contribution in [1.29, 1.82) is 0 Å². The highest BCUT2D eigenvalue weighted by Gasteiger charge is 2.13. The van der Waals surface area contributed by atoms with Gasteiger partial charge < -0.3 is 5.32 Å². The summed E-state index contributed by atoms with van der Waals surface area (Å²) in [6, 6.07) is 11.5. The summed E-state index contributed by atoms with van der Waals surface area (Å²) in [5, 5.41) is 3.44. The van der Waals surface area contributed by atoms with Crippen LogP contribution in [0.15, 0.2) is 42.5 Å². The second-order valence-corrected chi connectivity index (χ2v) is 5.34. The van der Waals surface area contributed by atoms with Crippen LogP contribution in [0.4, 0.5) is 8.78 Å². The van der Waals surface area contributed by atoms with Crippen LogP contribution in [0.1, 0.15) is 36.1 Å². The average Bonchev–Trinajstić information content (AvgIpc) is 2.45. The van der Waals surface area contributed by atoms with E-state index in [1.807, 2.05) is 19.1 Å². The zero-order chi connectivity index (χ0) is 15.2. The molecule has 2 rings (SSSR count). The lowest BCUT2D eigenvalue weighted by Gasteiger charge is -2.20. The van der Waals surface area contributed by atoms with Crippen LogP contribution in [0.3, 0.4) is 0 Å². The van der Waals surface area contributed by atoms with E-state index in [4.69, 9.17) is 0 Å². The third-order valence-electron chi connectivity index (χ3n) is 3.62. The van der Waals surface area contributed by atoms with E-state index in [9.17, 15) is 8.78 Å². The highest BCUT2D eigenvalue weighted by atomic mass is 19.1. The molecule has 1 atom stereocenters. The molecule has 3 heteroatoms. The van der Waals surface area contributed by atoms with E-state index in [1.54, 1.807) is 12.1 Å². The Bertz CT molecular complexity index is 596. The quantitative estimate of drug-likeness (QED) is 0.822. The SMILES string of the molecule is CCCNC(Cc1ccc(F)cc1C)c1cccc(F)c1. The van der Waals surface area contributed by atoms with Crippen molar-refractivity contribution in [1.82, 2.24) is 5.32 Å². The molecular weight excluding hydrogens is 268 g/mol. The van der Waals surface area contributed by atoms with Crippen LogP contribution in [0.25, 0.3) is 0 Å². The molecule has 1 unspecified atom stereocenters. The molecule has 0 saturated heterocycles. The number of benzene rings is 2. The molecule has 0 spiro atoms. The maximum atomic E-state index is 13.4.